The molecule has 0 saturated heterocycles. The van der Waals surface area contributed by atoms with Gasteiger partial charge >= 0.3 is 0 Å². The maximum Gasteiger partial charge on any atom is 0.163 e. The van der Waals surface area contributed by atoms with Gasteiger partial charge in [0.2, 0.25) is 0 Å². The van der Waals surface area contributed by atoms with Gasteiger partial charge in [-0.25, -0.2) is 4.98 Å². The zero-order chi connectivity index (χ0) is 19.3. The number of imidazole rings is 1. The molecular weight excluding hydrogens is 368 g/mol. The molecule has 1 atom stereocenters. The molecule has 0 N–H and O–H groups in total. The predicted octanol–water partition coefficient (Wildman–Crippen LogP) is 5.09. The number of fused-ring (bicyclic) bond motifs is 1. The van der Waals surface area contributed by atoms with Crippen LogP contribution in [0.1, 0.15) is 46.0 Å². The number of thioether (sulfide) groups is 1. The maximum absolute atomic E-state index is 12.4. The van der Waals surface area contributed by atoms with Crippen LogP contribution in [0.5, 0.6) is 5.75 Å². The Morgan fingerprint density at radius 2 is 2.04 bits per heavy atom. The Hall–Kier alpha value is -2.53. The lowest BCUT2D eigenvalue weighted by molar-refractivity contribution is 0.0972. The molecule has 1 aliphatic rings. The average molecular weight is 393 g/mol. The Kier molecular flexibility index (Phi) is 5.81. The highest BCUT2D eigenvalue weighted by Crippen LogP contribution is 2.36. The summed E-state index contributed by atoms with van der Waals surface area (Å²) < 4.78 is 8.62. The Morgan fingerprint density at radius 3 is 2.79 bits per heavy atom. The van der Waals surface area contributed by atoms with Crippen molar-refractivity contribution in [3.8, 4) is 5.75 Å². The number of Topliss-reactive ketones (excluding diaryl/α,β-unsaturated/α-hetero) is 1. The van der Waals surface area contributed by atoms with Crippen molar-refractivity contribution in [3.63, 3.8) is 0 Å². The molecule has 1 heterocycles. The summed E-state index contributed by atoms with van der Waals surface area (Å²) in [5, 5.41) is 0. The Labute approximate surface area is 169 Å². The van der Waals surface area contributed by atoms with Crippen molar-refractivity contribution in [1.29, 1.82) is 0 Å². The van der Waals surface area contributed by atoms with Crippen molar-refractivity contribution in [2.75, 3.05) is 6.26 Å². The van der Waals surface area contributed by atoms with Crippen LogP contribution < -0.4 is 4.74 Å². The van der Waals surface area contributed by atoms with Crippen LogP contribution in [0.25, 0.3) is 0 Å². The van der Waals surface area contributed by atoms with Gasteiger partial charge in [-0.1, -0.05) is 30.3 Å². The first-order valence-electron chi connectivity index (χ1n) is 9.60. The maximum atomic E-state index is 12.4. The van der Waals surface area contributed by atoms with Crippen LogP contribution in [0.15, 0.2) is 61.2 Å². The monoisotopic (exact) mass is 392 g/mol. The Bertz CT molecular complexity index is 939. The van der Waals surface area contributed by atoms with E-state index in [0.717, 1.165) is 35.5 Å². The predicted molar refractivity (Wildman–Crippen MR) is 113 cm³/mol. The third-order valence-electron chi connectivity index (χ3n) is 5.18. The SMILES string of the molecule is CSCc1c(OC(Cn2ccnc2)c2ccccc2)ccc2c1CCCC2=O. The second kappa shape index (κ2) is 8.65. The molecule has 0 bridgehead atoms. The molecule has 0 fully saturated rings. The molecule has 0 saturated carbocycles. The molecule has 2 aromatic carbocycles. The minimum atomic E-state index is -0.131. The van der Waals surface area contributed by atoms with Crippen molar-refractivity contribution in [2.45, 2.75) is 37.7 Å². The van der Waals surface area contributed by atoms with E-state index in [1.54, 1.807) is 18.0 Å². The molecule has 5 heteroatoms. The Morgan fingerprint density at radius 1 is 1.18 bits per heavy atom. The zero-order valence-corrected chi connectivity index (χ0v) is 16.8. The van der Waals surface area contributed by atoms with Crippen LogP contribution in [-0.4, -0.2) is 21.6 Å². The van der Waals surface area contributed by atoms with Gasteiger partial charge in [-0.3, -0.25) is 4.79 Å². The number of hydrogen-bond acceptors (Lipinski definition) is 4. The van der Waals surface area contributed by atoms with Crippen molar-refractivity contribution in [3.05, 3.63) is 83.4 Å². The largest absolute Gasteiger partial charge is 0.484 e. The third-order valence-corrected chi connectivity index (χ3v) is 5.76. The number of ether oxygens (including phenoxy) is 1. The summed E-state index contributed by atoms with van der Waals surface area (Å²) in [4.78, 5) is 16.5. The summed E-state index contributed by atoms with van der Waals surface area (Å²) in [7, 11) is 0. The summed E-state index contributed by atoms with van der Waals surface area (Å²) >= 11 is 1.76. The molecular formula is C23H24N2O2S. The first-order chi connectivity index (χ1) is 13.8. The van der Waals surface area contributed by atoms with E-state index in [1.165, 1.54) is 11.1 Å². The number of rotatable bonds is 7. The van der Waals surface area contributed by atoms with E-state index in [2.05, 4.69) is 23.4 Å². The van der Waals surface area contributed by atoms with Crippen molar-refractivity contribution in [1.82, 2.24) is 9.55 Å². The van der Waals surface area contributed by atoms with Gasteiger partial charge in [0.1, 0.15) is 11.9 Å². The van der Waals surface area contributed by atoms with Crippen LogP contribution in [0.4, 0.5) is 0 Å². The van der Waals surface area contributed by atoms with E-state index in [-0.39, 0.29) is 11.9 Å². The Balaban J connectivity index is 1.70. The van der Waals surface area contributed by atoms with Crippen LogP contribution in [0, 0.1) is 0 Å². The first-order valence-corrected chi connectivity index (χ1v) is 11.0. The van der Waals surface area contributed by atoms with Gasteiger partial charge in [-0.15, -0.1) is 0 Å². The molecule has 1 aromatic heterocycles. The van der Waals surface area contributed by atoms with Gasteiger partial charge in [0.25, 0.3) is 0 Å². The standard InChI is InChI=1S/C23H24N2O2S/c1-28-15-20-18-8-5-9-21(26)19(18)10-11-22(20)27-23(14-25-13-12-24-16-25)17-6-3-2-4-7-17/h2-4,6-7,10-13,16,23H,5,8-9,14-15H2,1H3. The molecule has 0 amide bonds. The zero-order valence-electron chi connectivity index (χ0n) is 16.0. The van der Waals surface area contributed by atoms with E-state index < -0.39 is 0 Å². The minimum Gasteiger partial charge on any atom is -0.484 e. The summed E-state index contributed by atoms with van der Waals surface area (Å²) in [6, 6.07) is 14.2. The normalized spacial score (nSPS) is 14.5. The van der Waals surface area contributed by atoms with Crippen LogP contribution in [0.3, 0.4) is 0 Å². The smallest absolute Gasteiger partial charge is 0.163 e. The highest BCUT2D eigenvalue weighted by atomic mass is 32.2. The van der Waals surface area contributed by atoms with Crippen LogP contribution in [-0.2, 0) is 18.7 Å². The van der Waals surface area contributed by atoms with Crippen molar-refractivity contribution >= 4 is 17.5 Å². The molecule has 4 nitrogen and oxygen atoms in total. The lowest BCUT2D eigenvalue weighted by Gasteiger charge is -2.25. The molecule has 1 aliphatic carbocycles. The second-order valence-electron chi connectivity index (χ2n) is 7.05. The average Bonchev–Trinajstić information content (AvgIpc) is 3.23. The second-order valence-corrected chi connectivity index (χ2v) is 7.92. The number of carbonyl (C=O) groups is 1. The van der Waals surface area contributed by atoms with Gasteiger partial charge in [0.15, 0.2) is 5.78 Å². The van der Waals surface area contributed by atoms with E-state index >= 15 is 0 Å². The number of nitrogens with zero attached hydrogens (tertiary/aromatic N) is 2. The third kappa shape index (κ3) is 3.99. The summed E-state index contributed by atoms with van der Waals surface area (Å²) in [5.74, 6) is 1.99. The molecule has 0 aliphatic heterocycles. The fourth-order valence-corrected chi connectivity index (χ4v) is 4.41. The van der Waals surface area contributed by atoms with Crippen LogP contribution in [0.2, 0.25) is 0 Å². The van der Waals surface area contributed by atoms with Gasteiger partial charge in [-0.05, 0) is 42.4 Å². The number of ketones is 1. The lowest BCUT2D eigenvalue weighted by Crippen LogP contribution is -2.18. The fourth-order valence-electron chi connectivity index (χ4n) is 3.81. The van der Waals surface area contributed by atoms with E-state index in [9.17, 15) is 4.79 Å². The molecule has 4 rings (SSSR count). The van der Waals surface area contributed by atoms with Crippen molar-refractivity contribution in [2.24, 2.45) is 0 Å². The van der Waals surface area contributed by atoms with Crippen molar-refractivity contribution < 1.29 is 9.53 Å². The number of benzene rings is 2. The molecule has 1 unspecified atom stereocenters. The summed E-state index contributed by atoms with van der Waals surface area (Å²) in [6.45, 7) is 0.679. The van der Waals surface area contributed by atoms with Crippen LogP contribution >= 0.6 is 11.8 Å². The lowest BCUT2D eigenvalue weighted by atomic mass is 9.87. The minimum absolute atomic E-state index is 0.131. The quantitative estimate of drug-likeness (QED) is 0.562. The highest BCUT2D eigenvalue weighted by molar-refractivity contribution is 7.97. The molecule has 0 spiro atoms. The van der Waals surface area contributed by atoms with E-state index in [1.807, 2.05) is 47.4 Å². The molecule has 28 heavy (non-hydrogen) atoms. The fraction of sp³-hybridized carbons (Fsp3) is 0.304. The van der Waals surface area contributed by atoms with E-state index in [4.69, 9.17) is 4.74 Å². The van der Waals surface area contributed by atoms with Gasteiger partial charge < -0.3 is 9.30 Å². The molecule has 3 aromatic rings. The van der Waals surface area contributed by atoms with Gasteiger partial charge in [0, 0.05) is 35.7 Å². The highest BCUT2D eigenvalue weighted by Gasteiger charge is 2.24. The number of carbonyl (C=O) groups excluding carboxylic acids is 1. The van der Waals surface area contributed by atoms with Gasteiger partial charge in [-0.2, -0.15) is 11.8 Å². The number of aromatic nitrogens is 2. The summed E-state index contributed by atoms with van der Waals surface area (Å²) in [6.07, 6.45) is 10.0. The number of hydrogen-bond donors (Lipinski definition) is 0. The van der Waals surface area contributed by atoms with Gasteiger partial charge in [0.05, 0.1) is 12.9 Å². The summed E-state index contributed by atoms with van der Waals surface area (Å²) in [5.41, 5.74) is 4.36. The van der Waals surface area contributed by atoms with E-state index in [0.29, 0.717) is 13.0 Å². The molecule has 0 radical (unpaired) electrons. The topological polar surface area (TPSA) is 44.1 Å². The molecule has 144 valence electrons. The first kappa shape index (κ1) is 18.8.